The number of thiazole rings is 1. The number of nitrogens with zero attached hydrogens (tertiary/aromatic N) is 2. The fraction of sp³-hybridized carbons (Fsp3) is 0.778. The molecule has 0 aliphatic carbocycles. The van der Waals surface area contributed by atoms with Gasteiger partial charge in [-0.05, 0) is 47.5 Å². The molecule has 1 aliphatic rings. The Balaban J connectivity index is 2.24. The standard InChI is InChI=1S/C18H30N2O4S/c1-7-8-15-19-12(11-25-15)9-13-14(10-21)23-18(5,6)20(13)16(22)24-17(2,3)4/h11,13-14,21H,7-10H2,1-6H3/t13-,14+/m0/s1. The third kappa shape index (κ3) is 4.92. The average molecular weight is 371 g/mol. The number of aliphatic hydroxyl groups is 1. The van der Waals surface area contributed by atoms with E-state index in [4.69, 9.17) is 9.47 Å². The molecule has 0 aromatic carbocycles. The number of aliphatic hydroxyl groups excluding tert-OH is 1. The molecule has 0 saturated carbocycles. The average Bonchev–Trinajstić information content (AvgIpc) is 2.99. The third-order valence-corrected chi connectivity index (χ3v) is 4.99. The third-order valence-electron chi connectivity index (χ3n) is 4.03. The Kier molecular flexibility index (Phi) is 6.12. The molecule has 1 amide bonds. The molecule has 1 N–H and O–H groups in total. The topological polar surface area (TPSA) is 71.9 Å². The normalized spacial score (nSPS) is 23.1. The Morgan fingerprint density at radius 1 is 1.48 bits per heavy atom. The molecule has 1 aliphatic heterocycles. The molecule has 0 radical (unpaired) electrons. The summed E-state index contributed by atoms with van der Waals surface area (Å²) >= 11 is 1.64. The fourth-order valence-electron chi connectivity index (χ4n) is 3.11. The second-order valence-corrected chi connectivity index (χ2v) is 8.83. The Morgan fingerprint density at radius 3 is 2.72 bits per heavy atom. The Morgan fingerprint density at radius 2 is 2.16 bits per heavy atom. The molecular formula is C18H30N2O4S. The minimum Gasteiger partial charge on any atom is -0.444 e. The zero-order valence-corrected chi connectivity index (χ0v) is 16.9. The highest BCUT2D eigenvalue weighted by atomic mass is 32.1. The van der Waals surface area contributed by atoms with E-state index in [-0.39, 0.29) is 12.6 Å². The predicted octanol–water partition coefficient (Wildman–Crippen LogP) is 3.37. The second kappa shape index (κ2) is 7.60. The first-order valence-corrected chi connectivity index (χ1v) is 9.69. The van der Waals surface area contributed by atoms with Gasteiger partial charge in [0.15, 0.2) is 0 Å². The lowest BCUT2D eigenvalue weighted by Gasteiger charge is -2.35. The largest absolute Gasteiger partial charge is 0.444 e. The minimum atomic E-state index is -0.845. The van der Waals surface area contributed by atoms with Crippen molar-refractivity contribution in [1.82, 2.24) is 9.88 Å². The van der Waals surface area contributed by atoms with Crippen LogP contribution in [0.4, 0.5) is 4.79 Å². The molecule has 25 heavy (non-hydrogen) atoms. The second-order valence-electron chi connectivity index (χ2n) is 7.89. The van der Waals surface area contributed by atoms with Crippen molar-refractivity contribution in [2.24, 2.45) is 0 Å². The molecule has 2 heterocycles. The number of ether oxygens (including phenoxy) is 2. The molecule has 0 bridgehead atoms. The van der Waals surface area contributed by atoms with Gasteiger partial charge in [0.2, 0.25) is 0 Å². The summed E-state index contributed by atoms with van der Waals surface area (Å²) in [7, 11) is 0. The van der Waals surface area contributed by atoms with Gasteiger partial charge < -0.3 is 14.6 Å². The van der Waals surface area contributed by atoms with Crippen LogP contribution in [0.5, 0.6) is 0 Å². The van der Waals surface area contributed by atoms with Crippen LogP contribution < -0.4 is 0 Å². The van der Waals surface area contributed by atoms with Gasteiger partial charge in [-0.15, -0.1) is 11.3 Å². The highest BCUT2D eigenvalue weighted by molar-refractivity contribution is 7.09. The Bertz CT molecular complexity index is 594. The quantitative estimate of drug-likeness (QED) is 0.860. The van der Waals surface area contributed by atoms with Crippen LogP contribution in [0, 0.1) is 0 Å². The number of amides is 1. The van der Waals surface area contributed by atoms with Crippen LogP contribution in [0.3, 0.4) is 0 Å². The van der Waals surface area contributed by atoms with Gasteiger partial charge in [-0.1, -0.05) is 6.92 Å². The first-order chi connectivity index (χ1) is 11.6. The van der Waals surface area contributed by atoms with Crippen molar-refractivity contribution >= 4 is 17.4 Å². The summed E-state index contributed by atoms with van der Waals surface area (Å²) in [6, 6.07) is -0.313. The van der Waals surface area contributed by atoms with E-state index in [1.165, 1.54) is 0 Å². The number of hydrogen-bond acceptors (Lipinski definition) is 6. The monoisotopic (exact) mass is 370 g/mol. The number of carbonyl (C=O) groups is 1. The summed E-state index contributed by atoms with van der Waals surface area (Å²) in [4.78, 5) is 19.0. The molecule has 7 heteroatoms. The zero-order chi connectivity index (χ0) is 18.8. The molecule has 1 fully saturated rings. The van der Waals surface area contributed by atoms with Crippen LogP contribution in [0.25, 0.3) is 0 Å². The van der Waals surface area contributed by atoms with Gasteiger partial charge in [-0.25, -0.2) is 9.78 Å². The van der Waals surface area contributed by atoms with E-state index in [9.17, 15) is 9.90 Å². The van der Waals surface area contributed by atoms with E-state index >= 15 is 0 Å². The van der Waals surface area contributed by atoms with Gasteiger partial charge in [-0.3, -0.25) is 4.90 Å². The number of hydrogen-bond donors (Lipinski definition) is 1. The molecule has 1 aromatic heterocycles. The summed E-state index contributed by atoms with van der Waals surface area (Å²) in [6.45, 7) is 11.1. The predicted molar refractivity (Wildman–Crippen MR) is 97.7 cm³/mol. The van der Waals surface area contributed by atoms with E-state index in [1.54, 1.807) is 16.2 Å². The van der Waals surface area contributed by atoms with Crippen molar-refractivity contribution in [3.05, 3.63) is 16.1 Å². The first-order valence-electron chi connectivity index (χ1n) is 8.81. The minimum absolute atomic E-state index is 0.153. The summed E-state index contributed by atoms with van der Waals surface area (Å²) in [6.07, 6.45) is 1.65. The van der Waals surface area contributed by atoms with Gasteiger partial charge in [0.1, 0.15) is 17.4 Å². The van der Waals surface area contributed by atoms with E-state index < -0.39 is 23.5 Å². The van der Waals surface area contributed by atoms with E-state index in [0.29, 0.717) is 6.42 Å². The molecule has 142 valence electrons. The maximum Gasteiger partial charge on any atom is 0.412 e. The van der Waals surface area contributed by atoms with E-state index in [1.807, 2.05) is 40.0 Å². The lowest BCUT2D eigenvalue weighted by Crippen LogP contribution is -2.51. The van der Waals surface area contributed by atoms with Crippen molar-refractivity contribution in [3.63, 3.8) is 0 Å². The molecule has 0 spiro atoms. The summed E-state index contributed by atoms with van der Waals surface area (Å²) in [5.74, 6) is 0. The maximum atomic E-state index is 12.8. The molecule has 6 nitrogen and oxygen atoms in total. The highest BCUT2D eigenvalue weighted by Gasteiger charge is 2.51. The first kappa shape index (κ1) is 20.1. The zero-order valence-electron chi connectivity index (χ0n) is 16.0. The SMILES string of the molecule is CCCc1nc(C[C@H]2[C@@H](CO)OC(C)(C)N2C(=O)OC(C)(C)C)cs1. The fourth-order valence-corrected chi connectivity index (χ4v) is 4.02. The molecule has 1 aromatic rings. The van der Waals surface area contributed by atoms with E-state index in [2.05, 4.69) is 11.9 Å². The summed E-state index contributed by atoms with van der Waals surface area (Å²) in [5, 5.41) is 12.9. The molecule has 1 saturated heterocycles. The van der Waals surface area contributed by atoms with Crippen LogP contribution >= 0.6 is 11.3 Å². The smallest absolute Gasteiger partial charge is 0.412 e. The highest BCUT2D eigenvalue weighted by Crippen LogP contribution is 2.35. The van der Waals surface area contributed by atoms with Crippen molar-refractivity contribution < 1.29 is 19.4 Å². The molecule has 2 atom stereocenters. The van der Waals surface area contributed by atoms with Crippen molar-refractivity contribution in [3.8, 4) is 0 Å². The lowest BCUT2D eigenvalue weighted by atomic mass is 10.1. The van der Waals surface area contributed by atoms with Gasteiger partial charge in [0.05, 0.1) is 23.4 Å². The number of aryl methyl sites for hydroxylation is 1. The van der Waals surface area contributed by atoms with E-state index in [0.717, 1.165) is 23.5 Å². The van der Waals surface area contributed by atoms with Crippen LogP contribution in [0.2, 0.25) is 0 Å². The number of carbonyl (C=O) groups excluding carboxylic acids is 1. The summed E-state index contributed by atoms with van der Waals surface area (Å²) in [5.41, 5.74) is -0.515. The van der Waals surface area contributed by atoms with Crippen LogP contribution in [0.1, 0.15) is 58.7 Å². The van der Waals surface area contributed by atoms with Gasteiger partial charge >= 0.3 is 6.09 Å². The lowest BCUT2D eigenvalue weighted by molar-refractivity contribution is -0.0866. The summed E-state index contributed by atoms with van der Waals surface area (Å²) < 4.78 is 11.5. The number of rotatable bonds is 5. The van der Waals surface area contributed by atoms with Gasteiger partial charge in [0.25, 0.3) is 0 Å². The Labute approximate surface area is 154 Å². The van der Waals surface area contributed by atoms with Crippen molar-refractivity contribution in [2.45, 2.75) is 84.3 Å². The number of aromatic nitrogens is 1. The Hall–Kier alpha value is -1.18. The van der Waals surface area contributed by atoms with Crippen molar-refractivity contribution in [2.75, 3.05) is 6.61 Å². The van der Waals surface area contributed by atoms with Crippen LogP contribution in [-0.4, -0.2) is 51.2 Å². The van der Waals surface area contributed by atoms with Crippen molar-refractivity contribution in [1.29, 1.82) is 0 Å². The van der Waals surface area contributed by atoms with Crippen LogP contribution in [-0.2, 0) is 22.3 Å². The maximum absolute atomic E-state index is 12.8. The van der Waals surface area contributed by atoms with Crippen LogP contribution in [0.15, 0.2) is 5.38 Å². The van der Waals surface area contributed by atoms with Gasteiger partial charge in [0, 0.05) is 11.8 Å². The molecular weight excluding hydrogens is 340 g/mol. The van der Waals surface area contributed by atoms with Gasteiger partial charge in [-0.2, -0.15) is 0 Å². The molecule has 0 unspecified atom stereocenters. The molecule has 2 rings (SSSR count).